The van der Waals surface area contributed by atoms with Crippen molar-refractivity contribution in [1.29, 1.82) is 0 Å². The Hall–Kier alpha value is -1.85. The van der Waals surface area contributed by atoms with E-state index in [9.17, 15) is 9.59 Å². The molecule has 0 aliphatic carbocycles. The number of H-pyrrole nitrogens is 1. The topological polar surface area (TPSA) is 103 Å². The van der Waals surface area contributed by atoms with Crippen LogP contribution in [0.15, 0.2) is 18.7 Å². The lowest BCUT2D eigenvalue weighted by molar-refractivity contribution is -0.137. The van der Waals surface area contributed by atoms with Gasteiger partial charge < -0.3 is 15.2 Å². The van der Waals surface area contributed by atoms with Gasteiger partial charge in [0.25, 0.3) is 0 Å². The highest BCUT2D eigenvalue weighted by atomic mass is 16.4. The number of aromatic nitrogens is 2. The van der Waals surface area contributed by atoms with E-state index in [4.69, 9.17) is 10.2 Å². The number of rotatable bonds is 2. The van der Waals surface area contributed by atoms with Gasteiger partial charge in [-0.25, -0.2) is 4.98 Å². The van der Waals surface area contributed by atoms with Crippen molar-refractivity contribution in [3.63, 3.8) is 0 Å². The molecule has 1 rings (SSSR count). The molecule has 0 fully saturated rings. The van der Waals surface area contributed by atoms with Gasteiger partial charge in [0.1, 0.15) is 0 Å². The summed E-state index contributed by atoms with van der Waals surface area (Å²) >= 11 is 0. The number of hydrogen-bond acceptors (Lipinski definition) is 3. The highest BCUT2D eigenvalue weighted by Crippen LogP contribution is 1.67. The predicted molar refractivity (Wildman–Crippen MR) is 54.4 cm³/mol. The van der Waals surface area contributed by atoms with E-state index >= 15 is 0 Å². The number of carboxylic acids is 2. The maximum atomic E-state index is 9.37. The van der Waals surface area contributed by atoms with Gasteiger partial charge >= 0.3 is 11.9 Å². The molecule has 1 heterocycles. The lowest BCUT2D eigenvalue weighted by Gasteiger charge is -1.71. The van der Waals surface area contributed by atoms with E-state index < -0.39 is 11.9 Å². The second kappa shape index (κ2) is 12.2. The molecule has 0 spiro atoms. The van der Waals surface area contributed by atoms with Crippen LogP contribution in [0.3, 0.4) is 0 Å². The largest absolute Gasteiger partial charge is 0.481 e. The second-order valence-electron chi connectivity index (χ2n) is 2.26. The third-order valence-corrected chi connectivity index (χ3v) is 1.01. The zero-order valence-corrected chi connectivity index (χ0v) is 8.80. The maximum Gasteiger partial charge on any atom is 0.303 e. The van der Waals surface area contributed by atoms with Gasteiger partial charge in [-0.3, -0.25) is 9.59 Å². The molecule has 1 aromatic heterocycles. The zero-order valence-electron chi connectivity index (χ0n) is 8.80. The molecule has 15 heavy (non-hydrogen) atoms. The first kappa shape index (κ1) is 15.6. The summed E-state index contributed by atoms with van der Waals surface area (Å²) in [6.45, 7) is 3.20. The Morgan fingerprint density at radius 2 is 1.60 bits per heavy atom. The van der Waals surface area contributed by atoms with Crippen molar-refractivity contribution >= 4 is 11.9 Å². The Morgan fingerprint density at radius 1 is 1.20 bits per heavy atom. The number of aliphatic carboxylic acids is 2. The fourth-order valence-electron chi connectivity index (χ4n) is 0.215. The van der Waals surface area contributed by atoms with E-state index in [2.05, 4.69) is 9.97 Å². The highest BCUT2D eigenvalue weighted by Gasteiger charge is 1.81. The number of carbonyl (C=O) groups is 2. The number of nitrogens with zero attached hydrogens (tertiary/aromatic N) is 1. The molecule has 0 bridgehead atoms. The van der Waals surface area contributed by atoms with E-state index in [1.54, 1.807) is 32.6 Å². The van der Waals surface area contributed by atoms with E-state index in [-0.39, 0.29) is 12.8 Å². The molecule has 6 heteroatoms. The van der Waals surface area contributed by atoms with Crippen molar-refractivity contribution in [3.8, 4) is 0 Å². The minimum absolute atomic E-state index is 0.222. The van der Waals surface area contributed by atoms with Gasteiger partial charge in [0, 0.05) is 25.2 Å². The Bertz CT molecular complexity index is 215. The number of hydrogen-bond donors (Lipinski definition) is 3. The summed E-state index contributed by atoms with van der Waals surface area (Å²) < 4.78 is 0. The van der Waals surface area contributed by atoms with Crippen LogP contribution in [0.4, 0.5) is 0 Å². The molecule has 0 atom stereocenters. The van der Waals surface area contributed by atoms with Crippen LogP contribution in [0, 0.1) is 0 Å². The SMILES string of the molecule is CCC(=O)O.CCC(=O)O.c1c[nH]cn1. The molecule has 0 unspecified atom stereocenters. The van der Waals surface area contributed by atoms with Crippen LogP contribution in [-0.2, 0) is 9.59 Å². The van der Waals surface area contributed by atoms with Gasteiger partial charge in [-0.15, -0.1) is 0 Å². The lowest BCUT2D eigenvalue weighted by atomic mass is 10.5. The van der Waals surface area contributed by atoms with Crippen LogP contribution in [0.5, 0.6) is 0 Å². The molecule has 0 aliphatic heterocycles. The van der Waals surface area contributed by atoms with Crippen LogP contribution in [-0.4, -0.2) is 32.1 Å². The van der Waals surface area contributed by atoms with Crippen molar-refractivity contribution in [2.24, 2.45) is 0 Å². The fraction of sp³-hybridized carbons (Fsp3) is 0.444. The first-order valence-electron chi connectivity index (χ1n) is 4.40. The summed E-state index contributed by atoms with van der Waals surface area (Å²) in [6.07, 6.45) is 5.53. The first-order chi connectivity index (χ1) is 7.04. The minimum atomic E-state index is -0.745. The summed E-state index contributed by atoms with van der Waals surface area (Å²) in [5, 5.41) is 15.4. The van der Waals surface area contributed by atoms with Crippen molar-refractivity contribution in [2.75, 3.05) is 0 Å². The smallest absolute Gasteiger partial charge is 0.303 e. The van der Waals surface area contributed by atoms with Gasteiger partial charge in [0.2, 0.25) is 0 Å². The average molecular weight is 216 g/mol. The first-order valence-corrected chi connectivity index (χ1v) is 4.40. The predicted octanol–water partition coefficient (Wildman–Crippen LogP) is 1.37. The van der Waals surface area contributed by atoms with Crippen molar-refractivity contribution in [1.82, 2.24) is 9.97 Å². The molecule has 0 amide bonds. The summed E-state index contributed by atoms with van der Waals surface area (Å²) in [5.41, 5.74) is 0. The van der Waals surface area contributed by atoms with E-state index in [0.29, 0.717) is 0 Å². The van der Waals surface area contributed by atoms with Gasteiger partial charge in [0.15, 0.2) is 0 Å². The number of nitrogens with one attached hydrogen (secondary N) is 1. The number of imidazole rings is 1. The van der Waals surface area contributed by atoms with Crippen LogP contribution >= 0.6 is 0 Å². The fourth-order valence-corrected chi connectivity index (χ4v) is 0.215. The second-order valence-corrected chi connectivity index (χ2v) is 2.26. The maximum absolute atomic E-state index is 9.37. The molecule has 0 aromatic carbocycles. The van der Waals surface area contributed by atoms with Gasteiger partial charge in [0.05, 0.1) is 6.33 Å². The van der Waals surface area contributed by atoms with E-state index in [1.165, 1.54) is 0 Å². The van der Waals surface area contributed by atoms with Crippen LogP contribution in [0.2, 0.25) is 0 Å². The van der Waals surface area contributed by atoms with Gasteiger partial charge in [-0.2, -0.15) is 0 Å². The van der Waals surface area contributed by atoms with Gasteiger partial charge in [-0.1, -0.05) is 13.8 Å². The van der Waals surface area contributed by atoms with E-state index in [0.717, 1.165) is 0 Å². The summed E-state index contributed by atoms with van der Waals surface area (Å²) in [6, 6.07) is 0. The molecule has 0 radical (unpaired) electrons. The Kier molecular flexibility index (Phi) is 12.6. The number of carboxylic acid groups (broad SMARTS) is 2. The molecule has 0 saturated heterocycles. The standard InChI is InChI=1S/C3H4N2.2C3H6O2/c1-2-5-3-4-1;2*1-2-3(4)5/h1-3H,(H,4,5);2*2H2,1H3,(H,4,5). The third kappa shape index (κ3) is 24.5. The monoisotopic (exact) mass is 216 g/mol. The normalized spacial score (nSPS) is 7.60. The van der Waals surface area contributed by atoms with Crippen molar-refractivity contribution < 1.29 is 19.8 Å². The van der Waals surface area contributed by atoms with Crippen LogP contribution in [0.1, 0.15) is 26.7 Å². The minimum Gasteiger partial charge on any atom is -0.481 e. The molecule has 86 valence electrons. The Labute approximate surface area is 88.0 Å². The quantitative estimate of drug-likeness (QED) is 0.692. The molecule has 3 N–H and O–H groups in total. The Morgan fingerprint density at radius 3 is 1.67 bits per heavy atom. The lowest BCUT2D eigenvalue weighted by Crippen LogP contribution is -1.86. The van der Waals surface area contributed by atoms with Crippen molar-refractivity contribution in [3.05, 3.63) is 18.7 Å². The Balaban J connectivity index is 0. The third-order valence-electron chi connectivity index (χ3n) is 1.01. The summed E-state index contributed by atoms with van der Waals surface area (Å²) in [5.74, 6) is -1.49. The zero-order chi connectivity index (χ0) is 12.1. The molecule has 0 aliphatic rings. The summed E-state index contributed by atoms with van der Waals surface area (Å²) in [4.78, 5) is 25.2. The molecular formula is C9H16N2O4. The average Bonchev–Trinajstić information content (AvgIpc) is 2.76. The molecule has 0 saturated carbocycles. The molecule has 1 aromatic rings. The number of aromatic amines is 1. The summed E-state index contributed by atoms with van der Waals surface area (Å²) in [7, 11) is 0. The highest BCUT2D eigenvalue weighted by molar-refractivity contribution is 5.66. The van der Waals surface area contributed by atoms with Crippen LogP contribution in [0.25, 0.3) is 0 Å². The van der Waals surface area contributed by atoms with Crippen molar-refractivity contribution in [2.45, 2.75) is 26.7 Å². The molecular weight excluding hydrogens is 200 g/mol. The molecule has 6 nitrogen and oxygen atoms in total. The van der Waals surface area contributed by atoms with Gasteiger partial charge in [-0.05, 0) is 0 Å². The van der Waals surface area contributed by atoms with E-state index in [1.807, 2.05) is 0 Å². The van der Waals surface area contributed by atoms with Crippen LogP contribution < -0.4 is 0 Å².